The van der Waals surface area contributed by atoms with Crippen molar-refractivity contribution in [2.45, 2.75) is 6.92 Å². The molecule has 1 heterocycles. The molecule has 0 atom stereocenters. The summed E-state index contributed by atoms with van der Waals surface area (Å²) in [6.07, 6.45) is 2.55. The molecule has 0 fully saturated rings. The van der Waals surface area contributed by atoms with E-state index < -0.39 is 0 Å². The number of nitrogens with zero attached hydrogens (tertiary/aromatic N) is 2. The highest BCUT2D eigenvalue weighted by atomic mass is 16.1. The van der Waals surface area contributed by atoms with Gasteiger partial charge >= 0.3 is 0 Å². The Morgan fingerprint density at radius 1 is 1.31 bits per heavy atom. The van der Waals surface area contributed by atoms with E-state index in [9.17, 15) is 4.79 Å². The van der Waals surface area contributed by atoms with E-state index in [1.54, 1.807) is 17.9 Å². The third kappa shape index (κ3) is 1.82. The molecule has 0 spiro atoms. The van der Waals surface area contributed by atoms with Gasteiger partial charge in [0.1, 0.15) is 5.69 Å². The van der Waals surface area contributed by atoms with Gasteiger partial charge in [-0.1, -0.05) is 17.7 Å². The fourth-order valence-electron chi connectivity index (χ4n) is 1.50. The molecular formula is C12H13N3O. The van der Waals surface area contributed by atoms with Crippen molar-refractivity contribution in [2.24, 2.45) is 0 Å². The Balaban J connectivity index is 2.44. The molecule has 0 unspecified atom stereocenters. The molecule has 2 aromatic rings. The van der Waals surface area contributed by atoms with Crippen LogP contribution in [0, 0.1) is 6.92 Å². The number of aromatic nitrogens is 2. The number of anilines is 1. The van der Waals surface area contributed by atoms with Crippen molar-refractivity contribution in [3.63, 3.8) is 0 Å². The largest absolute Gasteiger partial charge is 0.385 e. The van der Waals surface area contributed by atoms with E-state index in [1.807, 2.05) is 31.2 Å². The first-order valence-corrected chi connectivity index (χ1v) is 5.04. The van der Waals surface area contributed by atoms with Crippen molar-refractivity contribution in [3.05, 3.63) is 41.7 Å². The van der Waals surface area contributed by atoms with Crippen molar-refractivity contribution in [1.82, 2.24) is 9.78 Å². The summed E-state index contributed by atoms with van der Waals surface area (Å²) in [6.45, 7) is 2.03. The average molecular weight is 215 g/mol. The lowest BCUT2D eigenvalue weighted by Crippen LogP contribution is -1.95. The van der Waals surface area contributed by atoms with Gasteiger partial charge in [0, 0.05) is 7.05 Å². The Morgan fingerprint density at radius 3 is 2.50 bits per heavy atom. The SMILES string of the molecule is CNc1cn(-c2ccc(C)cc2)nc1C=O. The summed E-state index contributed by atoms with van der Waals surface area (Å²) >= 11 is 0. The van der Waals surface area contributed by atoms with Gasteiger partial charge in [0.2, 0.25) is 0 Å². The summed E-state index contributed by atoms with van der Waals surface area (Å²) in [7, 11) is 1.77. The lowest BCUT2D eigenvalue weighted by atomic mass is 10.2. The van der Waals surface area contributed by atoms with E-state index >= 15 is 0 Å². The average Bonchev–Trinajstić information content (AvgIpc) is 2.73. The molecule has 0 saturated heterocycles. The Hall–Kier alpha value is -2.10. The van der Waals surface area contributed by atoms with Gasteiger partial charge in [0.25, 0.3) is 0 Å². The Labute approximate surface area is 93.9 Å². The fourth-order valence-corrected chi connectivity index (χ4v) is 1.50. The quantitative estimate of drug-likeness (QED) is 0.797. The molecule has 4 heteroatoms. The molecule has 82 valence electrons. The van der Waals surface area contributed by atoms with Gasteiger partial charge in [-0.05, 0) is 19.1 Å². The second kappa shape index (κ2) is 4.18. The first-order valence-electron chi connectivity index (χ1n) is 5.04. The maximum atomic E-state index is 10.8. The first-order chi connectivity index (χ1) is 7.74. The third-order valence-corrected chi connectivity index (χ3v) is 2.42. The number of aldehydes is 1. The van der Waals surface area contributed by atoms with E-state index in [0.29, 0.717) is 5.69 Å². The van der Waals surface area contributed by atoms with Gasteiger partial charge in [-0.15, -0.1) is 0 Å². The molecule has 2 rings (SSSR count). The number of carbonyl (C=O) groups excluding carboxylic acids is 1. The number of aryl methyl sites for hydroxylation is 1. The van der Waals surface area contributed by atoms with Crippen LogP contribution < -0.4 is 5.32 Å². The predicted octanol–water partition coefficient (Wildman–Crippen LogP) is 2.03. The van der Waals surface area contributed by atoms with Crippen molar-refractivity contribution < 1.29 is 4.79 Å². The summed E-state index contributed by atoms with van der Waals surface area (Å²) in [6, 6.07) is 7.96. The highest BCUT2D eigenvalue weighted by Gasteiger charge is 2.07. The molecule has 16 heavy (non-hydrogen) atoms. The molecule has 0 saturated carbocycles. The van der Waals surface area contributed by atoms with E-state index in [0.717, 1.165) is 17.7 Å². The zero-order chi connectivity index (χ0) is 11.5. The topological polar surface area (TPSA) is 46.9 Å². The number of nitrogens with one attached hydrogen (secondary N) is 1. The summed E-state index contributed by atoms with van der Waals surface area (Å²) < 4.78 is 1.69. The van der Waals surface area contributed by atoms with Gasteiger partial charge in [0.05, 0.1) is 17.6 Å². The molecule has 0 radical (unpaired) electrons. The summed E-state index contributed by atoms with van der Waals surface area (Å²) in [5.74, 6) is 0. The molecule has 1 aromatic heterocycles. The monoisotopic (exact) mass is 215 g/mol. The van der Waals surface area contributed by atoms with Crippen molar-refractivity contribution >= 4 is 12.0 Å². The van der Waals surface area contributed by atoms with Gasteiger partial charge in [0.15, 0.2) is 6.29 Å². The molecule has 4 nitrogen and oxygen atoms in total. The third-order valence-electron chi connectivity index (χ3n) is 2.42. The molecule has 0 aliphatic rings. The lowest BCUT2D eigenvalue weighted by molar-refractivity contribution is 0.111. The van der Waals surface area contributed by atoms with Crippen LogP contribution in [0.1, 0.15) is 16.1 Å². The Kier molecular flexibility index (Phi) is 2.72. The van der Waals surface area contributed by atoms with Gasteiger partial charge in [-0.3, -0.25) is 4.79 Å². The fraction of sp³-hybridized carbons (Fsp3) is 0.167. The highest BCUT2D eigenvalue weighted by Crippen LogP contribution is 2.15. The van der Waals surface area contributed by atoms with Crippen LogP contribution in [-0.2, 0) is 0 Å². The minimum Gasteiger partial charge on any atom is -0.385 e. The Bertz CT molecular complexity index is 499. The number of carbonyl (C=O) groups is 1. The molecule has 0 bridgehead atoms. The smallest absolute Gasteiger partial charge is 0.172 e. The molecular weight excluding hydrogens is 202 g/mol. The van der Waals surface area contributed by atoms with Crippen LogP contribution in [-0.4, -0.2) is 23.1 Å². The zero-order valence-electron chi connectivity index (χ0n) is 9.27. The van der Waals surface area contributed by atoms with Crippen LogP contribution >= 0.6 is 0 Å². The van der Waals surface area contributed by atoms with Crippen molar-refractivity contribution in [3.8, 4) is 5.69 Å². The van der Waals surface area contributed by atoms with Crippen LogP contribution in [0.25, 0.3) is 5.69 Å². The van der Waals surface area contributed by atoms with E-state index in [-0.39, 0.29) is 0 Å². The van der Waals surface area contributed by atoms with E-state index in [2.05, 4.69) is 10.4 Å². The first kappa shape index (κ1) is 10.4. The second-order valence-corrected chi connectivity index (χ2v) is 3.58. The van der Waals surface area contributed by atoms with E-state index in [1.165, 1.54) is 5.56 Å². The molecule has 0 aliphatic carbocycles. The summed E-state index contributed by atoms with van der Waals surface area (Å²) in [5.41, 5.74) is 3.29. The highest BCUT2D eigenvalue weighted by molar-refractivity contribution is 5.81. The minimum atomic E-state index is 0.420. The molecule has 0 amide bonds. The molecule has 0 aliphatic heterocycles. The van der Waals surface area contributed by atoms with Gasteiger partial charge < -0.3 is 5.32 Å². The maximum absolute atomic E-state index is 10.8. The lowest BCUT2D eigenvalue weighted by Gasteiger charge is -2.00. The van der Waals surface area contributed by atoms with Gasteiger partial charge in [-0.25, -0.2) is 4.68 Å². The molecule has 1 N–H and O–H groups in total. The van der Waals surface area contributed by atoms with Crippen molar-refractivity contribution in [1.29, 1.82) is 0 Å². The normalized spacial score (nSPS) is 10.1. The molecule has 1 aromatic carbocycles. The van der Waals surface area contributed by atoms with Crippen LogP contribution in [0.5, 0.6) is 0 Å². The summed E-state index contributed by atoms with van der Waals surface area (Å²) in [5, 5.41) is 7.12. The second-order valence-electron chi connectivity index (χ2n) is 3.58. The number of rotatable bonds is 3. The zero-order valence-corrected chi connectivity index (χ0v) is 9.27. The number of hydrogen-bond donors (Lipinski definition) is 1. The van der Waals surface area contributed by atoms with E-state index in [4.69, 9.17) is 0 Å². The van der Waals surface area contributed by atoms with Crippen LogP contribution in [0.15, 0.2) is 30.5 Å². The predicted molar refractivity (Wildman–Crippen MR) is 63.2 cm³/mol. The van der Waals surface area contributed by atoms with Crippen LogP contribution in [0.2, 0.25) is 0 Å². The standard InChI is InChI=1S/C12H13N3O/c1-9-3-5-10(6-4-9)15-7-11(13-2)12(8-16)14-15/h3-8,13H,1-2H3. The van der Waals surface area contributed by atoms with Gasteiger partial charge in [-0.2, -0.15) is 5.10 Å². The maximum Gasteiger partial charge on any atom is 0.172 e. The van der Waals surface area contributed by atoms with Crippen LogP contribution in [0.4, 0.5) is 5.69 Å². The Morgan fingerprint density at radius 2 is 2.00 bits per heavy atom. The van der Waals surface area contributed by atoms with Crippen LogP contribution in [0.3, 0.4) is 0 Å². The number of hydrogen-bond acceptors (Lipinski definition) is 3. The van der Waals surface area contributed by atoms with Crippen molar-refractivity contribution in [2.75, 3.05) is 12.4 Å². The summed E-state index contributed by atoms with van der Waals surface area (Å²) in [4.78, 5) is 10.8. The number of benzene rings is 1. The minimum absolute atomic E-state index is 0.420.